The van der Waals surface area contributed by atoms with E-state index in [1.165, 1.54) is 32.0 Å². The summed E-state index contributed by atoms with van der Waals surface area (Å²) in [6, 6.07) is 12.6. The molecule has 0 saturated carbocycles. The smallest absolute Gasteiger partial charge is 0.239 e. The molecule has 0 aromatic heterocycles. The summed E-state index contributed by atoms with van der Waals surface area (Å²) in [5, 5.41) is 5.25. The molecule has 0 atom stereocenters. The van der Waals surface area contributed by atoms with Crippen molar-refractivity contribution in [3.8, 4) is 0 Å². The van der Waals surface area contributed by atoms with E-state index < -0.39 is 23.0 Å². The van der Waals surface area contributed by atoms with Gasteiger partial charge in [-0.15, -0.1) is 0 Å². The summed E-state index contributed by atoms with van der Waals surface area (Å²) < 4.78 is 14.0. The van der Waals surface area contributed by atoms with E-state index in [0.717, 1.165) is 4.47 Å². The third-order valence-electron chi connectivity index (χ3n) is 3.30. The molecular formula is C17H16BrFN2O2. The van der Waals surface area contributed by atoms with Crippen molar-refractivity contribution >= 4 is 39.1 Å². The van der Waals surface area contributed by atoms with E-state index in [-0.39, 0.29) is 0 Å². The average molecular weight is 379 g/mol. The quantitative estimate of drug-likeness (QED) is 0.783. The molecule has 0 aliphatic heterocycles. The molecule has 23 heavy (non-hydrogen) atoms. The van der Waals surface area contributed by atoms with Crippen molar-refractivity contribution in [2.75, 3.05) is 10.6 Å². The molecule has 6 heteroatoms. The van der Waals surface area contributed by atoms with Gasteiger partial charge in [0.2, 0.25) is 11.8 Å². The van der Waals surface area contributed by atoms with Gasteiger partial charge in [-0.2, -0.15) is 0 Å². The van der Waals surface area contributed by atoms with Crippen molar-refractivity contribution in [3.63, 3.8) is 0 Å². The summed E-state index contributed by atoms with van der Waals surface area (Å²) in [6.07, 6.45) is 0. The zero-order chi connectivity index (χ0) is 17.0. The first-order valence-electron chi connectivity index (χ1n) is 6.93. The van der Waals surface area contributed by atoms with Crippen LogP contribution in [0.3, 0.4) is 0 Å². The largest absolute Gasteiger partial charge is 0.325 e. The standard InChI is InChI=1S/C17H16BrFN2O2/c1-17(2,15(22)20-13-7-3-5-11(18)9-13)16(23)21-14-8-4-6-12(19)10-14/h3-10H,1-2H3,(H,20,22)(H,21,23). The molecule has 0 fully saturated rings. The van der Waals surface area contributed by atoms with Gasteiger partial charge in [-0.25, -0.2) is 4.39 Å². The van der Waals surface area contributed by atoms with Gasteiger partial charge in [0.05, 0.1) is 0 Å². The average Bonchev–Trinajstić information content (AvgIpc) is 2.47. The monoisotopic (exact) mass is 378 g/mol. The highest BCUT2D eigenvalue weighted by Gasteiger charge is 2.36. The Morgan fingerprint density at radius 2 is 1.48 bits per heavy atom. The van der Waals surface area contributed by atoms with Gasteiger partial charge in [-0.05, 0) is 50.2 Å². The van der Waals surface area contributed by atoms with Crippen LogP contribution < -0.4 is 10.6 Å². The van der Waals surface area contributed by atoms with E-state index in [2.05, 4.69) is 26.6 Å². The molecule has 0 radical (unpaired) electrons. The van der Waals surface area contributed by atoms with E-state index in [1.54, 1.807) is 24.3 Å². The highest BCUT2D eigenvalue weighted by Crippen LogP contribution is 2.23. The number of rotatable bonds is 4. The molecule has 2 amide bonds. The predicted octanol–water partition coefficient (Wildman–Crippen LogP) is 4.19. The first kappa shape index (κ1) is 17.1. The fraction of sp³-hybridized carbons (Fsp3) is 0.176. The first-order chi connectivity index (χ1) is 10.8. The van der Waals surface area contributed by atoms with Crippen LogP contribution in [0.5, 0.6) is 0 Å². The second-order valence-corrected chi connectivity index (χ2v) is 6.47. The molecule has 4 nitrogen and oxygen atoms in total. The fourth-order valence-electron chi connectivity index (χ4n) is 1.81. The minimum atomic E-state index is -1.32. The number of hydrogen-bond acceptors (Lipinski definition) is 2. The Bertz CT molecular complexity index is 685. The summed E-state index contributed by atoms with van der Waals surface area (Å²) in [7, 11) is 0. The van der Waals surface area contributed by atoms with Crippen molar-refractivity contribution in [3.05, 3.63) is 58.8 Å². The van der Waals surface area contributed by atoms with E-state index in [0.29, 0.717) is 11.4 Å². The second kappa shape index (κ2) is 6.91. The van der Waals surface area contributed by atoms with Gasteiger partial charge in [-0.1, -0.05) is 28.1 Å². The van der Waals surface area contributed by atoms with Crippen LogP contribution >= 0.6 is 15.9 Å². The number of halogens is 2. The molecule has 0 saturated heterocycles. The summed E-state index contributed by atoms with van der Waals surface area (Å²) in [6.45, 7) is 3.02. The number of amides is 2. The van der Waals surface area contributed by atoms with Crippen molar-refractivity contribution < 1.29 is 14.0 Å². The molecule has 2 aromatic rings. The highest BCUT2D eigenvalue weighted by atomic mass is 79.9. The molecule has 0 aliphatic carbocycles. The van der Waals surface area contributed by atoms with Gasteiger partial charge in [0.15, 0.2) is 0 Å². The Morgan fingerprint density at radius 1 is 0.957 bits per heavy atom. The number of carbonyl (C=O) groups is 2. The molecular weight excluding hydrogens is 363 g/mol. The number of anilines is 2. The predicted molar refractivity (Wildman–Crippen MR) is 91.6 cm³/mol. The molecule has 120 valence electrons. The van der Waals surface area contributed by atoms with Crippen LogP contribution in [0.15, 0.2) is 53.0 Å². The van der Waals surface area contributed by atoms with Gasteiger partial charge in [0.25, 0.3) is 0 Å². The topological polar surface area (TPSA) is 58.2 Å². The summed E-state index contributed by atoms with van der Waals surface area (Å²) >= 11 is 3.32. The fourth-order valence-corrected chi connectivity index (χ4v) is 2.21. The van der Waals surface area contributed by atoms with Crippen LogP contribution in [-0.4, -0.2) is 11.8 Å². The highest BCUT2D eigenvalue weighted by molar-refractivity contribution is 9.10. The van der Waals surface area contributed by atoms with E-state index >= 15 is 0 Å². The Morgan fingerprint density at radius 3 is 2.00 bits per heavy atom. The van der Waals surface area contributed by atoms with Gasteiger partial charge in [0, 0.05) is 15.8 Å². The van der Waals surface area contributed by atoms with Crippen molar-refractivity contribution in [1.82, 2.24) is 0 Å². The zero-order valence-corrected chi connectivity index (χ0v) is 14.3. The second-order valence-electron chi connectivity index (χ2n) is 5.55. The maximum Gasteiger partial charge on any atom is 0.239 e. The zero-order valence-electron chi connectivity index (χ0n) is 12.7. The van der Waals surface area contributed by atoms with Gasteiger partial charge in [0.1, 0.15) is 11.2 Å². The minimum Gasteiger partial charge on any atom is -0.325 e. The maximum atomic E-state index is 13.2. The first-order valence-corrected chi connectivity index (χ1v) is 7.72. The Labute approximate surface area is 142 Å². The maximum absolute atomic E-state index is 13.2. The lowest BCUT2D eigenvalue weighted by Gasteiger charge is -2.22. The van der Waals surface area contributed by atoms with E-state index in [4.69, 9.17) is 0 Å². The molecule has 0 spiro atoms. The van der Waals surface area contributed by atoms with E-state index in [1.807, 2.05) is 6.07 Å². The van der Waals surface area contributed by atoms with Gasteiger partial charge < -0.3 is 10.6 Å². The number of benzene rings is 2. The Balaban J connectivity index is 2.09. The molecule has 0 aliphatic rings. The van der Waals surface area contributed by atoms with Crippen LogP contribution in [0.4, 0.5) is 15.8 Å². The minimum absolute atomic E-state index is 0.304. The summed E-state index contributed by atoms with van der Waals surface area (Å²) in [5.41, 5.74) is -0.441. The SMILES string of the molecule is CC(C)(C(=O)Nc1cccc(F)c1)C(=O)Nc1cccc(Br)c1. The van der Waals surface area contributed by atoms with Crippen LogP contribution in [0, 0.1) is 11.2 Å². The normalized spacial score (nSPS) is 11.0. The summed E-state index contributed by atoms with van der Waals surface area (Å²) in [5.74, 6) is -1.43. The lowest BCUT2D eigenvalue weighted by molar-refractivity contribution is -0.135. The number of nitrogens with one attached hydrogen (secondary N) is 2. The number of carbonyl (C=O) groups excluding carboxylic acids is 2. The van der Waals surface area contributed by atoms with E-state index in [9.17, 15) is 14.0 Å². The lowest BCUT2D eigenvalue weighted by Crippen LogP contribution is -2.41. The molecule has 2 rings (SSSR count). The van der Waals surface area contributed by atoms with Gasteiger partial charge in [-0.3, -0.25) is 9.59 Å². The number of hydrogen-bond donors (Lipinski definition) is 2. The third kappa shape index (κ3) is 4.39. The lowest BCUT2D eigenvalue weighted by atomic mass is 9.90. The van der Waals surface area contributed by atoms with Crippen LogP contribution in [0.1, 0.15) is 13.8 Å². The van der Waals surface area contributed by atoms with Crippen LogP contribution in [-0.2, 0) is 9.59 Å². The Hall–Kier alpha value is -2.21. The van der Waals surface area contributed by atoms with Crippen molar-refractivity contribution in [2.24, 2.45) is 5.41 Å². The van der Waals surface area contributed by atoms with Gasteiger partial charge >= 0.3 is 0 Å². The molecule has 0 unspecified atom stereocenters. The Kier molecular flexibility index (Phi) is 5.15. The molecule has 2 N–H and O–H groups in total. The molecule has 0 bridgehead atoms. The molecule has 0 heterocycles. The van der Waals surface area contributed by atoms with Crippen LogP contribution in [0.25, 0.3) is 0 Å². The van der Waals surface area contributed by atoms with Crippen LogP contribution in [0.2, 0.25) is 0 Å². The van der Waals surface area contributed by atoms with Crippen molar-refractivity contribution in [1.29, 1.82) is 0 Å². The third-order valence-corrected chi connectivity index (χ3v) is 3.79. The summed E-state index contributed by atoms with van der Waals surface area (Å²) in [4.78, 5) is 24.7. The molecule has 2 aromatic carbocycles. The van der Waals surface area contributed by atoms with Crippen molar-refractivity contribution in [2.45, 2.75) is 13.8 Å².